The summed E-state index contributed by atoms with van der Waals surface area (Å²) < 4.78 is 10.5. The summed E-state index contributed by atoms with van der Waals surface area (Å²) in [5, 5.41) is 0.379. The molecule has 0 fully saturated rings. The Morgan fingerprint density at radius 1 is 1.04 bits per heavy atom. The lowest BCUT2D eigenvalue weighted by molar-refractivity contribution is -0.123. The zero-order valence-corrected chi connectivity index (χ0v) is 16.0. The van der Waals surface area contributed by atoms with E-state index in [0.29, 0.717) is 5.75 Å². The first-order chi connectivity index (χ1) is 12.3. The molecule has 8 heteroatoms. The highest BCUT2D eigenvalue weighted by Gasteiger charge is 2.14. The van der Waals surface area contributed by atoms with Gasteiger partial charge in [-0.1, -0.05) is 35.3 Å². The predicted octanol–water partition coefficient (Wildman–Crippen LogP) is 3.46. The molecular weight excluding hydrogens is 379 g/mol. The first kappa shape index (κ1) is 19.9. The average Bonchev–Trinajstić information content (AvgIpc) is 2.60. The second kappa shape index (κ2) is 8.78. The summed E-state index contributed by atoms with van der Waals surface area (Å²) >= 11 is 12.0. The van der Waals surface area contributed by atoms with Gasteiger partial charge in [0.1, 0.15) is 5.75 Å². The second-order valence-electron chi connectivity index (χ2n) is 5.53. The highest BCUT2D eigenvalue weighted by Crippen LogP contribution is 2.33. The summed E-state index contributed by atoms with van der Waals surface area (Å²) in [6.07, 6.45) is 0. The lowest BCUT2D eigenvalue weighted by atomic mass is 10.1. The van der Waals surface area contributed by atoms with E-state index in [2.05, 4.69) is 10.9 Å². The largest absolute Gasteiger partial charge is 0.494 e. The molecule has 0 aliphatic rings. The van der Waals surface area contributed by atoms with Crippen molar-refractivity contribution in [1.82, 2.24) is 10.9 Å². The Labute approximate surface area is 161 Å². The molecule has 0 radical (unpaired) electrons. The fourth-order valence-electron chi connectivity index (χ4n) is 2.13. The molecule has 2 amide bonds. The standard InChI is InChI=1S/C18H18Cl2N2O4/c1-10-4-5-11(2)15(6-10)26-9-16(23)21-22-18(24)12-7-13(19)17(25-3)14(20)8-12/h4-8H,9H2,1-3H3,(H,21,23)(H,22,24). The van der Waals surface area contributed by atoms with Gasteiger partial charge in [0, 0.05) is 5.56 Å². The zero-order chi connectivity index (χ0) is 19.3. The maximum Gasteiger partial charge on any atom is 0.276 e. The number of hydrazine groups is 1. The number of methoxy groups -OCH3 is 1. The third kappa shape index (κ3) is 5.03. The molecule has 6 nitrogen and oxygen atoms in total. The minimum Gasteiger partial charge on any atom is -0.494 e. The van der Waals surface area contributed by atoms with Crippen molar-refractivity contribution in [3.8, 4) is 11.5 Å². The number of amides is 2. The van der Waals surface area contributed by atoms with Crippen molar-refractivity contribution in [1.29, 1.82) is 0 Å². The van der Waals surface area contributed by atoms with Crippen molar-refractivity contribution >= 4 is 35.0 Å². The van der Waals surface area contributed by atoms with Crippen LogP contribution >= 0.6 is 23.2 Å². The molecule has 0 aliphatic carbocycles. The van der Waals surface area contributed by atoms with Crippen molar-refractivity contribution in [3.63, 3.8) is 0 Å². The Bertz CT molecular complexity index is 817. The third-order valence-corrected chi connectivity index (χ3v) is 4.04. The third-order valence-electron chi connectivity index (χ3n) is 3.48. The molecule has 2 aromatic rings. The van der Waals surface area contributed by atoms with Gasteiger partial charge in [0.2, 0.25) is 0 Å². The summed E-state index contributed by atoms with van der Waals surface area (Å²) in [6, 6.07) is 8.47. The van der Waals surface area contributed by atoms with Crippen LogP contribution in [0.25, 0.3) is 0 Å². The summed E-state index contributed by atoms with van der Waals surface area (Å²) in [7, 11) is 1.42. The molecule has 2 N–H and O–H groups in total. The molecule has 0 bridgehead atoms. The summed E-state index contributed by atoms with van der Waals surface area (Å²) in [5.74, 6) is -0.197. The fraction of sp³-hybridized carbons (Fsp3) is 0.222. The van der Waals surface area contributed by atoms with E-state index in [4.69, 9.17) is 32.7 Å². The van der Waals surface area contributed by atoms with E-state index in [0.717, 1.165) is 11.1 Å². The number of hydrogen-bond acceptors (Lipinski definition) is 4. The molecule has 138 valence electrons. The van der Waals surface area contributed by atoms with Crippen LogP contribution in [0, 0.1) is 13.8 Å². The van der Waals surface area contributed by atoms with Gasteiger partial charge in [-0.05, 0) is 43.2 Å². The molecular formula is C18H18Cl2N2O4. The van der Waals surface area contributed by atoms with Gasteiger partial charge < -0.3 is 9.47 Å². The van der Waals surface area contributed by atoms with Gasteiger partial charge >= 0.3 is 0 Å². The number of nitrogens with one attached hydrogen (secondary N) is 2. The van der Waals surface area contributed by atoms with Gasteiger partial charge in [0.05, 0.1) is 17.2 Å². The number of aryl methyl sites for hydroxylation is 2. The number of rotatable bonds is 5. The molecule has 0 atom stereocenters. The van der Waals surface area contributed by atoms with Gasteiger partial charge in [-0.2, -0.15) is 0 Å². The van der Waals surface area contributed by atoms with E-state index >= 15 is 0 Å². The number of hydrogen-bond donors (Lipinski definition) is 2. The number of halogens is 2. The Hall–Kier alpha value is -2.44. The lowest BCUT2D eigenvalue weighted by Gasteiger charge is -2.12. The summed E-state index contributed by atoms with van der Waals surface area (Å²) in [6.45, 7) is 3.57. The van der Waals surface area contributed by atoms with Crippen molar-refractivity contribution in [2.45, 2.75) is 13.8 Å². The predicted molar refractivity (Wildman–Crippen MR) is 100 cm³/mol. The van der Waals surface area contributed by atoms with Crippen molar-refractivity contribution < 1.29 is 19.1 Å². The average molecular weight is 397 g/mol. The summed E-state index contributed by atoms with van der Waals surface area (Å²) in [4.78, 5) is 24.0. The van der Waals surface area contributed by atoms with Gasteiger partial charge in [-0.3, -0.25) is 20.4 Å². The molecule has 26 heavy (non-hydrogen) atoms. The van der Waals surface area contributed by atoms with Gasteiger partial charge in [-0.25, -0.2) is 0 Å². The Kier molecular flexibility index (Phi) is 6.71. The Balaban J connectivity index is 1.91. The first-order valence-electron chi connectivity index (χ1n) is 7.64. The van der Waals surface area contributed by atoms with Crippen LogP contribution in [0.2, 0.25) is 10.0 Å². The van der Waals surface area contributed by atoms with Crippen molar-refractivity contribution in [2.24, 2.45) is 0 Å². The Morgan fingerprint density at radius 2 is 1.69 bits per heavy atom. The normalized spacial score (nSPS) is 10.2. The maximum atomic E-state index is 12.1. The molecule has 2 rings (SSSR count). The molecule has 0 heterocycles. The quantitative estimate of drug-likeness (QED) is 0.758. The lowest BCUT2D eigenvalue weighted by Crippen LogP contribution is -2.43. The molecule has 0 saturated heterocycles. The highest BCUT2D eigenvalue weighted by atomic mass is 35.5. The van der Waals surface area contributed by atoms with Crippen LogP contribution < -0.4 is 20.3 Å². The van der Waals surface area contributed by atoms with E-state index in [1.807, 2.05) is 32.0 Å². The van der Waals surface area contributed by atoms with Crippen LogP contribution in [-0.2, 0) is 4.79 Å². The van der Waals surface area contributed by atoms with Gasteiger partial charge in [-0.15, -0.1) is 0 Å². The van der Waals surface area contributed by atoms with Crippen LogP contribution in [0.1, 0.15) is 21.5 Å². The minimum absolute atomic E-state index is 0.177. The highest BCUT2D eigenvalue weighted by molar-refractivity contribution is 6.37. The van der Waals surface area contributed by atoms with Crippen LogP contribution in [-0.4, -0.2) is 25.5 Å². The monoisotopic (exact) mass is 396 g/mol. The van der Waals surface area contributed by atoms with E-state index in [9.17, 15) is 9.59 Å². The maximum absolute atomic E-state index is 12.1. The van der Waals surface area contributed by atoms with Crippen molar-refractivity contribution in [3.05, 3.63) is 57.1 Å². The molecule has 0 spiro atoms. The smallest absolute Gasteiger partial charge is 0.276 e. The van der Waals surface area contributed by atoms with Crippen LogP contribution in [0.15, 0.2) is 30.3 Å². The molecule has 2 aromatic carbocycles. The van der Waals surface area contributed by atoms with Gasteiger partial charge in [0.25, 0.3) is 11.8 Å². The molecule has 0 saturated carbocycles. The van der Waals surface area contributed by atoms with E-state index in [1.165, 1.54) is 19.2 Å². The van der Waals surface area contributed by atoms with Gasteiger partial charge in [0.15, 0.2) is 12.4 Å². The minimum atomic E-state index is -0.573. The second-order valence-corrected chi connectivity index (χ2v) is 6.35. The molecule has 0 aromatic heterocycles. The number of carbonyl (C=O) groups excluding carboxylic acids is 2. The van der Waals surface area contributed by atoms with Crippen molar-refractivity contribution in [2.75, 3.05) is 13.7 Å². The first-order valence-corrected chi connectivity index (χ1v) is 8.39. The molecule has 0 unspecified atom stereocenters. The Morgan fingerprint density at radius 3 is 2.31 bits per heavy atom. The summed E-state index contributed by atoms with van der Waals surface area (Å²) in [5.41, 5.74) is 6.66. The topological polar surface area (TPSA) is 76.7 Å². The van der Waals surface area contributed by atoms with E-state index in [1.54, 1.807) is 0 Å². The van der Waals surface area contributed by atoms with Crippen LogP contribution in [0.3, 0.4) is 0 Å². The SMILES string of the molecule is COc1c(Cl)cc(C(=O)NNC(=O)COc2cc(C)ccc2C)cc1Cl. The van der Waals surface area contributed by atoms with E-state index < -0.39 is 11.8 Å². The van der Waals surface area contributed by atoms with E-state index in [-0.39, 0.29) is 28.0 Å². The fourth-order valence-corrected chi connectivity index (χ4v) is 2.77. The number of ether oxygens (including phenoxy) is 2. The van der Waals surface area contributed by atoms with Crippen LogP contribution in [0.5, 0.6) is 11.5 Å². The molecule has 0 aliphatic heterocycles. The van der Waals surface area contributed by atoms with Crippen LogP contribution in [0.4, 0.5) is 0 Å². The number of carbonyl (C=O) groups is 2. The zero-order valence-electron chi connectivity index (χ0n) is 14.5. The number of benzene rings is 2.